The van der Waals surface area contributed by atoms with Gasteiger partial charge in [0.1, 0.15) is 17.2 Å². The Morgan fingerprint density at radius 1 is 1.39 bits per heavy atom. The summed E-state index contributed by atoms with van der Waals surface area (Å²) in [5, 5.41) is 15.7. The minimum absolute atomic E-state index is 0.142. The van der Waals surface area contributed by atoms with Crippen molar-refractivity contribution in [3.8, 4) is 0 Å². The van der Waals surface area contributed by atoms with E-state index in [0.29, 0.717) is 23.6 Å². The van der Waals surface area contributed by atoms with Crippen LogP contribution < -0.4 is 16.0 Å². The molecule has 118 valence electrons. The number of rotatable bonds is 1. The number of aryl methyl sites for hydroxylation is 1. The van der Waals surface area contributed by atoms with E-state index in [0.717, 1.165) is 24.3 Å². The molecular weight excluding hydrogens is 312 g/mol. The zero-order chi connectivity index (χ0) is 15.8. The topological polar surface area (TPSA) is 83.3 Å². The van der Waals surface area contributed by atoms with E-state index < -0.39 is 0 Å². The van der Waals surface area contributed by atoms with Gasteiger partial charge < -0.3 is 16.0 Å². The number of fused-ring (bicyclic) bond motifs is 3. The minimum atomic E-state index is -0.142. The molecule has 0 radical (unpaired) electrons. The average molecular weight is 328 g/mol. The van der Waals surface area contributed by atoms with Crippen LogP contribution in [0.4, 0.5) is 17.3 Å². The third kappa shape index (κ3) is 2.50. The number of amides is 1. The molecule has 7 nitrogen and oxygen atoms in total. The van der Waals surface area contributed by atoms with Crippen LogP contribution >= 0.6 is 11.3 Å². The lowest BCUT2D eigenvalue weighted by atomic mass is 10.2. The molecule has 23 heavy (non-hydrogen) atoms. The maximum absolute atomic E-state index is 12.4. The van der Waals surface area contributed by atoms with Crippen molar-refractivity contribution in [1.82, 2.24) is 19.9 Å². The van der Waals surface area contributed by atoms with E-state index in [4.69, 9.17) is 0 Å². The molecule has 3 aromatic heterocycles. The van der Waals surface area contributed by atoms with E-state index in [1.54, 1.807) is 22.0 Å². The van der Waals surface area contributed by atoms with Crippen molar-refractivity contribution in [2.75, 3.05) is 24.2 Å². The van der Waals surface area contributed by atoms with E-state index in [9.17, 15) is 4.79 Å². The molecule has 4 rings (SSSR count). The van der Waals surface area contributed by atoms with Gasteiger partial charge in [0.05, 0.1) is 11.9 Å². The number of carbonyl (C=O) groups excluding carboxylic acids is 1. The Bertz CT molecular complexity index is 883. The molecule has 0 unspecified atom stereocenters. The summed E-state index contributed by atoms with van der Waals surface area (Å²) < 4.78 is 1.64. The summed E-state index contributed by atoms with van der Waals surface area (Å²) >= 11 is 1.71. The molecule has 0 aliphatic carbocycles. The molecule has 4 heterocycles. The van der Waals surface area contributed by atoms with Crippen LogP contribution in [0.2, 0.25) is 0 Å². The summed E-state index contributed by atoms with van der Waals surface area (Å²) in [4.78, 5) is 18.2. The standard InChI is InChI=1S/C15H16N6OS/c1-16-13-6-12-19-9-5-10(23-8-9)3-2-4-17-15(22)11-7-18-21(13)14(11)20-12/h5-8,16H,2-4H2,1H3,(H,17,22)(H,19,20). The quantitative estimate of drug-likeness (QED) is 0.638. The highest BCUT2D eigenvalue weighted by molar-refractivity contribution is 7.10. The van der Waals surface area contributed by atoms with E-state index in [1.807, 2.05) is 13.1 Å². The molecule has 1 aliphatic heterocycles. The number of carbonyl (C=O) groups is 1. The van der Waals surface area contributed by atoms with Gasteiger partial charge in [-0.2, -0.15) is 9.61 Å². The Labute approximate surface area is 136 Å². The molecule has 1 amide bonds. The third-order valence-electron chi connectivity index (χ3n) is 3.78. The summed E-state index contributed by atoms with van der Waals surface area (Å²) in [7, 11) is 1.82. The lowest BCUT2D eigenvalue weighted by Gasteiger charge is -2.09. The fourth-order valence-corrected chi connectivity index (χ4v) is 3.51. The fraction of sp³-hybridized carbons (Fsp3) is 0.267. The number of hydrogen-bond acceptors (Lipinski definition) is 6. The van der Waals surface area contributed by atoms with Crippen LogP contribution in [-0.4, -0.2) is 34.1 Å². The van der Waals surface area contributed by atoms with Gasteiger partial charge >= 0.3 is 0 Å². The van der Waals surface area contributed by atoms with Crippen molar-refractivity contribution in [1.29, 1.82) is 0 Å². The lowest BCUT2D eigenvalue weighted by molar-refractivity contribution is 0.0954. The van der Waals surface area contributed by atoms with Crippen molar-refractivity contribution >= 4 is 40.2 Å². The number of hydrogen-bond donors (Lipinski definition) is 3. The van der Waals surface area contributed by atoms with Gasteiger partial charge in [0, 0.05) is 29.9 Å². The van der Waals surface area contributed by atoms with Crippen LogP contribution in [0.1, 0.15) is 21.7 Å². The van der Waals surface area contributed by atoms with Crippen LogP contribution in [0, 0.1) is 0 Å². The van der Waals surface area contributed by atoms with Crippen molar-refractivity contribution in [2.24, 2.45) is 0 Å². The molecule has 0 saturated heterocycles. The minimum Gasteiger partial charge on any atom is -0.373 e. The van der Waals surface area contributed by atoms with Crippen molar-refractivity contribution in [3.63, 3.8) is 0 Å². The molecule has 1 aliphatic rings. The molecule has 0 fully saturated rings. The smallest absolute Gasteiger partial charge is 0.256 e. The van der Waals surface area contributed by atoms with E-state index in [2.05, 4.69) is 37.5 Å². The summed E-state index contributed by atoms with van der Waals surface area (Å²) in [6, 6.07) is 4.01. The molecule has 8 heteroatoms. The predicted molar refractivity (Wildman–Crippen MR) is 90.8 cm³/mol. The Hall–Kier alpha value is -2.61. The first-order valence-corrected chi connectivity index (χ1v) is 8.32. The highest BCUT2D eigenvalue weighted by atomic mass is 32.1. The molecule has 0 spiro atoms. The van der Waals surface area contributed by atoms with E-state index >= 15 is 0 Å². The van der Waals surface area contributed by atoms with Crippen molar-refractivity contribution in [3.05, 3.63) is 34.2 Å². The first-order valence-electron chi connectivity index (χ1n) is 7.44. The summed E-state index contributed by atoms with van der Waals surface area (Å²) in [6.45, 7) is 0.634. The zero-order valence-electron chi connectivity index (χ0n) is 12.6. The molecule has 3 N–H and O–H groups in total. The van der Waals surface area contributed by atoms with Crippen molar-refractivity contribution < 1.29 is 4.79 Å². The lowest BCUT2D eigenvalue weighted by Crippen LogP contribution is -2.24. The van der Waals surface area contributed by atoms with Crippen LogP contribution in [0.15, 0.2) is 23.7 Å². The first-order chi connectivity index (χ1) is 11.2. The number of nitrogens with one attached hydrogen (secondary N) is 3. The van der Waals surface area contributed by atoms with E-state index in [1.165, 1.54) is 4.88 Å². The second-order valence-corrected chi connectivity index (χ2v) is 6.35. The number of anilines is 3. The highest BCUT2D eigenvalue weighted by Crippen LogP contribution is 2.26. The van der Waals surface area contributed by atoms with Crippen molar-refractivity contribution in [2.45, 2.75) is 12.8 Å². The Kier molecular flexibility index (Phi) is 3.38. The molecular formula is C15H16N6OS. The SMILES string of the molecule is CNc1cc2nc3c(cnn13)C(=O)NCCCc1cc(cs1)N2. The van der Waals surface area contributed by atoms with E-state index in [-0.39, 0.29) is 5.91 Å². The zero-order valence-corrected chi connectivity index (χ0v) is 13.4. The monoisotopic (exact) mass is 328 g/mol. The Morgan fingerprint density at radius 2 is 2.30 bits per heavy atom. The number of aromatic nitrogens is 3. The highest BCUT2D eigenvalue weighted by Gasteiger charge is 2.17. The Morgan fingerprint density at radius 3 is 3.17 bits per heavy atom. The maximum Gasteiger partial charge on any atom is 0.256 e. The number of thiophene rings is 1. The van der Waals surface area contributed by atoms with Gasteiger partial charge in [0.2, 0.25) is 0 Å². The molecule has 0 atom stereocenters. The number of nitrogens with zero attached hydrogens (tertiary/aromatic N) is 3. The van der Waals surface area contributed by atoms with Gasteiger partial charge in [-0.15, -0.1) is 11.3 Å². The van der Waals surface area contributed by atoms with Gasteiger partial charge in [0.25, 0.3) is 5.91 Å². The van der Waals surface area contributed by atoms with Crippen LogP contribution in [0.25, 0.3) is 5.65 Å². The fourth-order valence-electron chi connectivity index (χ4n) is 2.65. The summed E-state index contributed by atoms with van der Waals surface area (Å²) in [5.74, 6) is 1.30. The maximum atomic E-state index is 12.4. The van der Waals surface area contributed by atoms with Gasteiger partial charge in [-0.1, -0.05) is 0 Å². The first kappa shape index (κ1) is 14.0. The second-order valence-electron chi connectivity index (χ2n) is 5.36. The van der Waals surface area contributed by atoms with Gasteiger partial charge in [-0.25, -0.2) is 4.98 Å². The summed E-state index contributed by atoms with van der Waals surface area (Å²) in [5.41, 5.74) is 2.03. The molecule has 3 aromatic rings. The normalized spacial score (nSPS) is 14.6. The summed E-state index contributed by atoms with van der Waals surface area (Å²) in [6.07, 6.45) is 3.41. The Balaban J connectivity index is 1.88. The predicted octanol–water partition coefficient (Wildman–Crippen LogP) is 2.25. The van der Waals surface area contributed by atoms with Gasteiger partial charge in [-0.05, 0) is 18.9 Å². The van der Waals surface area contributed by atoms with Crippen LogP contribution in [-0.2, 0) is 6.42 Å². The van der Waals surface area contributed by atoms with Crippen LogP contribution in [0.3, 0.4) is 0 Å². The molecule has 0 saturated carbocycles. The third-order valence-corrected chi connectivity index (χ3v) is 4.78. The molecule has 4 bridgehead atoms. The van der Waals surface area contributed by atoms with Crippen LogP contribution in [0.5, 0.6) is 0 Å². The van der Waals surface area contributed by atoms with Gasteiger partial charge in [-0.3, -0.25) is 4.79 Å². The van der Waals surface area contributed by atoms with Gasteiger partial charge in [0.15, 0.2) is 5.65 Å². The average Bonchev–Trinajstić information content (AvgIpc) is 3.17. The largest absolute Gasteiger partial charge is 0.373 e. The molecule has 0 aromatic carbocycles. The second kappa shape index (κ2) is 5.54.